The van der Waals surface area contributed by atoms with Gasteiger partial charge in [0.2, 0.25) is 0 Å². The van der Waals surface area contributed by atoms with Crippen molar-refractivity contribution in [1.82, 2.24) is 5.32 Å². The summed E-state index contributed by atoms with van der Waals surface area (Å²) in [6.45, 7) is 0. The SMILES string of the molecule is COc1ccc(N2C(=S)N[C@@H]3CS(=O)(=O)C[C@@H]32)c(OC)c1. The van der Waals surface area contributed by atoms with Crippen molar-refractivity contribution in [2.75, 3.05) is 30.6 Å². The Hall–Kier alpha value is -1.54. The molecule has 0 spiro atoms. The minimum absolute atomic E-state index is 0.0972. The molecule has 1 aromatic rings. The van der Waals surface area contributed by atoms with E-state index in [1.165, 1.54) is 0 Å². The van der Waals surface area contributed by atoms with Crippen LogP contribution in [0.2, 0.25) is 0 Å². The van der Waals surface area contributed by atoms with E-state index in [4.69, 9.17) is 21.7 Å². The van der Waals surface area contributed by atoms with Crippen LogP contribution in [0.4, 0.5) is 5.69 Å². The smallest absolute Gasteiger partial charge is 0.174 e. The zero-order chi connectivity index (χ0) is 15.2. The molecular formula is C13H16N2O4S2. The summed E-state index contributed by atoms with van der Waals surface area (Å²) in [7, 11) is 0.111. The van der Waals surface area contributed by atoms with Crippen LogP contribution in [0.1, 0.15) is 0 Å². The van der Waals surface area contributed by atoms with Crippen molar-refractivity contribution in [2.24, 2.45) is 0 Å². The summed E-state index contributed by atoms with van der Waals surface area (Å²) < 4.78 is 34.2. The number of nitrogens with one attached hydrogen (secondary N) is 1. The normalized spacial score (nSPS) is 26.4. The van der Waals surface area contributed by atoms with Gasteiger partial charge in [-0.1, -0.05) is 0 Å². The second-order valence-corrected chi connectivity index (χ2v) is 7.65. The molecule has 2 fully saturated rings. The molecule has 0 unspecified atom stereocenters. The largest absolute Gasteiger partial charge is 0.497 e. The number of hydrogen-bond acceptors (Lipinski definition) is 5. The van der Waals surface area contributed by atoms with Crippen LogP contribution in [0.15, 0.2) is 18.2 Å². The molecule has 2 aliphatic heterocycles. The Labute approximate surface area is 128 Å². The van der Waals surface area contributed by atoms with Gasteiger partial charge in [-0.15, -0.1) is 0 Å². The van der Waals surface area contributed by atoms with E-state index < -0.39 is 9.84 Å². The number of ether oxygens (including phenoxy) is 2. The van der Waals surface area contributed by atoms with Crippen LogP contribution in [0.5, 0.6) is 11.5 Å². The van der Waals surface area contributed by atoms with Crippen molar-refractivity contribution >= 4 is 32.9 Å². The number of anilines is 1. The lowest BCUT2D eigenvalue weighted by Gasteiger charge is -2.25. The number of rotatable bonds is 3. The summed E-state index contributed by atoms with van der Waals surface area (Å²) in [5, 5.41) is 3.62. The third-order valence-electron chi connectivity index (χ3n) is 3.83. The molecule has 1 N–H and O–H groups in total. The first kappa shape index (κ1) is 14.4. The van der Waals surface area contributed by atoms with E-state index in [-0.39, 0.29) is 23.6 Å². The zero-order valence-electron chi connectivity index (χ0n) is 11.7. The first-order valence-corrected chi connectivity index (χ1v) is 8.70. The maximum Gasteiger partial charge on any atom is 0.174 e. The summed E-state index contributed by atoms with van der Waals surface area (Å²) in [5.41, 5.74) is 0.750. The van der Waals surface area contributed by atoms with E-state index >= 15 is 0 Å². The van der Waals surface area contributed by atoms with Crippen LogP contribution in [-0.4, -0.2) is 51.3 Å². The van der Waals surface area contributed by atoms with Gasteiger partial charge >= 0.3 is 0 Å². The lowest BCUT2D eigenvalue weighted by atomic mass is 10.1. The molecule has 1 aromatic carbocycles. The molecule has 6 nitrogen and oxygen atoms in total. The van der Waals surface area contributed by atoms with Gasteiger partial charge in [0.1, 0.15) is 11.5 Å². The van der Waals surface area contributed by atoms with Gasteiger partial charge in [-0.3, -0.25) is 0 Å². The van der Waals surface area contributed by atoms with Gasteiger partial charge in [0.15, 0.2) is 14.9 Å². The van der Waals surface area contributed by atoms with Gasteiger partial charge in [-0.2, -0.15) is 0 Å². The van der Waals surface area contributed by atoms with Crippen molar-refractivity contribution in [3.8, 4) is 11.5 Å². The Morgan fingerprint density at radius 2 is 2.05 bits per heavy atom. The van der Waals surface area contributed by atoms with Gasteiger partial charge in [0.25, 0.3) is 0 Å². The van der Waals surface area contributed by atoms with Gasteiger partial charge in [0, 0.05) is 6.07 Å². The highest BCUT2D eigenvalue weighted by atomic mass is 32.2. The van der Waals surface area contributed by atoms with Gasteiger partial charge in [-0.25, -0.2) is 8.42 Å². The van der Waals surface area contributed by atoms with Crippen molar-refractivity contribution in [2.45, 2.75) is 12.1 Å². The molecule has 2 aliphatic rings. The van der Waals surface area contributed by atoms with E-state index in [0.717, 1.165) is 5.69 Å². The molecule has 114 valence electrons. The van der Waals surface area contributed by atoms with Gasteiger partial charge in [0.05, 0.1) is 43.5 Å². The Bertz CT molecular complexity index is 689. The molecule has 2 atom stereocenters. The third kappa shape index (κ3) is 2.42. The molecule has 8 heteroatoms. The highest BCUT2D eigenvalue weighted by molar-refractivity contribution is 7.91. The van der Waals surface area contributed by atoms with Gasteiger partial charge < -0.3 is 19.7 Å². The fourth-order valence-electron chi connectivity index (χ4n) is 2.87. The standard InChI is InChI=1S/C13H16N2O4S2/c1-18-8-3-4-10(12(5-8)19-2)15-11-7-21(16,17)6-9(11)14-13(15)20/h3-5,9,11H,6-7H2,1-2H3,(H,14,20)/t9-,11+/m1/s1. The van der Waals surface area contributed by atoms with Crippen molar-refractivity contribution < 1.29 is 17.9 Å². The van der Waals surface area contributed by atoms with Crippen molar-refractivity contribution in [1.29, 1.82) is 0 Å². The molecular weight excluding hydrogens is 312 g/mol. The number of sulfone groups is 1. The summed E-state index contributed by atoms with van der Waals surface area (Å²) in [5.74, 6) is 1.49. The Morgan fingerprint density at radius 3 is 2.71 bits per heavy atom. The predicted molar refractivity (Wildman–Crippen MR) is 84.0 cm³/mol. The van der Waals surface area contributed by atoms with Crippen LogP contribution < -0.4 is 19.7 Å². The van der Waals surface area contributed by atoms with Crippen molar-refractivity contribution in [3.63, 3.8) is 0 Å². The fraction of sp³-hybridized carbons (Fsp3) is 0.462. The fourth-order valence-corrected chi connectivity index (χ4v) is 5.15. The Morgan fingerprint density at radius 1 is 1.29 bits per heavy atom. The second-order valence-electron chi connectivity index (χ2n) is 5.11. The van der Waals surface area contributed by atoms with E-state index in [1.807, 2.05) is 11.0 Å². The lowest BCUT2D eigenvalue weighted by Crippen LogP contribution is -2.37. The highest BCUT2D eigenvalue weighted by Crippen LogP contribution is 2.37. The summed E-state index contributed by atoms with van der Waals surface area (Å²) in [6.07, 6.45) is 0. The number of fused-ring (bicyclic) bond motifs is 1. The molecule has 0 amide bonds. The quantitative estimate of drug-likeness (QED) is 0.813. The Balaban J connectivity index is 2.01. The van der Waals surface area contributed by atoms with E-state index in [1.54, 1.807) is 26.4 Å². The average molecular weight is 328 g/mol. The van der Waals surface area contributed by atoms with E-state index in [2.05, 4.69) is 5.32 Å². The monoisotopic (exact) mass is 328 g/mol. The Kier molecular flexibility index (Phi) is 3.45. The third-order valence-corrected chi connectivity index (χ3v) is 5.86. The summed E-state index contributed by atoms with van der Waals surface area (Å²) in [4.78, 5) is 1.84. The second kappa shape index (κ2) is 5.03. The maximum absolute atomic E-state index is 11.8. The number of thiocarbonyl (C=S) groups is 1. The topological polar surface area (TPSA) is 67.9 Å². The molecule has 2 heterocycles. The number of nitrogens with zero attached hydrogens (tertiary/aromatic N) is 1. The molecule has 0 aromatic heterocycles. The van der Waals surface area contributed by atoms with Crippen LogP contribution in [0, 0.1) is 0 Å². The van der Waals surface area contributed by atoms with Crippen LogP contribution >= 0.6 is 12.2 Å². The molecule has 3 rings (SSSR count). The van der Waals surface area contributed by atoms with Crippen LogP contribution in [0.3, 0.4) is 0 Å². The van der Waals surface area contributed by atoms with Crippen LogP contribution in [0.25, 0.3) is 0 Å². The highest BCUT2D eigenvalue weighted by Gasteiger charge is 2.48. The number of benzene rings is 1. The minimum Gasteiger partial charge on any atom is -0.497 e. The van der Waals surface area contributed by atoms with E-state index in [0.29, 0.717) is 16.6 Å². The molecule has 0 radical (unpaired) electrons. The molecule has 0 bridgehead atoms. The van der Waals surface area contributed by atoms with Crippen LogP contribution in [-0.2, 0) is 9.84 Å². The molecule has 21 heavy (non-hydrogen) atoms. The molecule has 0 aliphatic carbocycles. The molecule has 2 saturated heterocycles. The average Bonchev–Trinajstić information content (AvgIpc) is 2.88. The molecule has 0 saturated carbocycles. The van der Waals surface area contributed by atoms with E-state index in [9.17, 15) is 8.42 Å². The zero-order valence-corrected chi connectivity index (χ0v) is 13.3. The van der Waals surface area contributed by atoms with Gasteiger partial charge in [-0.05, 0) is 24.4 Å². The maximum atomic E-state index is 11.8. The number of hydrogen-bond donors (Lipinski definition) is 1. The lowest BCUT2D eigenvalue weighted by molar-refractivity contribution is 0.394. The minimum atomic E-state index is -3.03. The predicted octanol–water partition coefficient (Wildman–Crippen LogP) is 0.564. The van der Waals surface area contributed by atoms with Crippen molar-refractivity contribution in [3.05, 3.63) is 18.2 Å². The summed E-state index contributed by atoms with van der Waals surface area (Å²) in [6, 6.07) is 5.05. The first-order valence-electron chi connectivity index (χ1n) is 6.47. The first-order chi connectivity index (χ1) is 9.95. The summed E-state index contributed by atoms with van der Waals surface area (Å²) >= 11 is 5.35. The number of methoxy groups -OCH3 is 2.